The number of hydrogen-bond acceptors (Lipinski definition) is 5. The zero-order valence-electron chi connectivity index (χ0n) is 14.8. The Kier molecular flexibility index (Phi) is 4.82. The molecule has 0 aliphatic heterocycles. The lowest BCUT2D eigenvalue weighted by Gasteiger charge is -2.19. The standard InChI is InChI=1S/C19H18ClN5OS/c1-3-10-24(11-13-8-9-16(20)27-13)12-17-21-22-19-23(2)18(26)14-6-4-5-7-15(14)25(17)19/h3-9H,1,10-12H2,2H3. The van der Waals surface area contributed by atoms with Crippen molar-refractivity contribution in [2.24, 2.45) is 7.05 Å². The summed E-state index contributed by atoms with van der Waals surface area (Å²) >= 11 is 7.63. The van der Waals surface area contributed by atoms with Crippen LogP contribution in [0.25, 0.3) is 16.7 Å². The van der Waals surface area contributed by atoms with E-state index in [1.165, 1.54) is 9.44 Å². The molecule has 0 unspecified atom stereocenters. The highest BCUT2D eigenvalue weighted by Gasteiger charge is 2.17. The molecule has 138 valence electrons. The van der Waals surface area contributed by atoms with Crippen LogP contribution in [0.3, 0.4) is 0 Å². The van der Waals surface area contributed by atoms with Crippen LogP contribution in [0.2, 0.25) is 4.34 Å². The van der Waals surface area contributed by atoms with Gasteiger partial charge in [0.05, 0.1) is 21.8 Å². The summed E-state index contributed by atoms with van der Waals surface area (Å²) in [6.45, 7) is 5.88. The second-order valence-electron chi connectivity index (χ2n) is 6.30. The van der Waals surface area contributed by atoms with Crippen LogP contribution in [0.1, 0.15) is 10.7 Å². The van der Waals surface area contributed by atoms with Crippen LogP contribution in [0.15, 0.2) is 53.8 Å². The highest BCUT2D eigenvalue weighted by atomic mass is 35.5. The molecule has 0 fully saturated rings. The van der Waals surface area contributed by atoms with Crippen LogP contribution >= 0.6 is 22.9 Å². The van der Waals surface area contributed by atoms with Gasteiger partial charge in [0.1, 0.15) is 0 Å². The zero-order chi connectivity index (χ0) is 19.0. The molecule has 0 atom stereocenters. The largest absolute Gasteiger partial charge is 0.287 e. The summed E-state index contributed by atoms with van der Waals surface area (Å²) in [4.78, 5) is 16.0. The summed E-state index contributed by atoms with van der Waals surface area (Å²) < 4.78 is 4.27. The Morgan fingerprint density at radius 2 is 2.04 bits per heavy atom. The van der Waals surface area contributed by atoms with E-state index >= 15 is 0 Å². The molecule has 27 heavy (non-hydrogen) atoms. The lowest BCUT2D eigenvalue weighted by Crippen LogP contribution is -2.25. The van der Waals surface area contributed by atoms with Crippen molar-refractivity contribution in [1.82, 2.24) is 24.1 Å². The molecular weight excluding hydrogens is 382 g/mol. The van der Waals surface area contributed by atoms with Crippen molar-refractivity contribution in [3.05, 3.63) is 74.4 Å². The Bertz CT molecular complexity index is 1190. The minimum Gasteiger partial charge on any atom is -0.287 e. The van der Waals surface area contributed by atoms with Gasteiger partial charge in [0, 0.05) is 25.0 Å². The van der Waals surface area contributed by atoms with Crippen LogP contribution in [-0.2, 0) is 20.1 Å². The first kappa shape index (κ1) is 17.9. The monoisotopic (exact) mass is 399 g/mol. The molecule has 8 heteroatoms. The van der Waals surface area contributed by atoms with E-state index in [9.17, 15) is 4.79 Å². The zero-order valence-corrected chi connectivity index (χ0v) is 16.4. The van der Waals surface area contributed by atoms with Gasteiger partial charge < -0.3 is 0 Å². The van der Waals surface area contributed by atoms with Crippen molar-refractivity contribution in [2.75, 3.05) is 6.54 Å². The molecule has 3 aromatic heterocycles. The van der Waals surface area contributed by atoms with Crippen molar-refractivity contribution >= 4 is 39.6 Å². The number of aromatic nitrogens is 4. The van der Waals surface area contributed by atoms with Crippen molar-refractivity contribution in [1.29, 1.82) is 0 Å². The van der Waals surface area contributed by atoms with Crippen LogP contribution in [0, 0.1) is 0 Å². The number of rotatable bonds is 6. The SMILES string of the molecule is C=CCN(Cc1ccc(Cl)s1)Cc1nnc2n(C)c(=O)c3ccccc3n12. The first-order valence-corrected chi connectivity index (χ1v) is 9.67. The minimum absolute atomic E-state index is 0.0757. The fourth-order valence-electron chi connectivity index (χ4n) is 3.22. The summed E-state index contributed by atoms with van der Waals surface area (Å²) in [5, 5.41) is 9.28. The molecule has 0 amide bonds. The number of benzene rings is 1. The van der Waals surface area contributed by atoms with E-state index in [2.05, 4.69) is 21.7 Å². The van der Waals surface area contributed by atoms with E-state index in [1.54, 1.807) is 18.4 Å². The fraction of sp³-hybridized carbons (Fsp3) is 0.211. The van der Waals surface area contributed by atoms with Crippen molar-refractivity contribution in [3.8, 4) is 0 Å². The highest BCUT2D eigenvalue weighted by Crippen LogP contribution is 2.23. The van der Waals surface area contributed by atoms with Gasteiger partial charge >= 0.3 is 0 Å². The quantitative estimate of drug-likeness (QED) is 0.466. The normalized spacial score (nSPS) is 11.7. The molecule has 0 saturated heterocycles. The van der Waals surface area contributed by atoms with Gasteiger partial charge in [0.2, 0.25) is 5.78 Å². The maximum atomic E-state index is 12.6. The average molecular weight is 400 g/mol. The molecular formula is C19H18ClN5OS. The summed E-state index contributed by atoms with van der Waals surface area (Å²) in [5.41, 5.74) is 0.738. The summed E-state index contributed by atoms with van der Waals surface area (Å²) in [6.07, 6.45) is 1.87. The number of hydrogen-bond donors (Lipinski definition) is 0. The molecule has 0 saturated carbocycles. The topological polar surface area (TPSA) is 55.4 Å². The summed E-state index contributed by atoms with van der Waals surface area (Å²) in [7, 11) is 1.72. The number of halogens is 1. The lowest BCUT2D eigenvalue weighted by molar-refractivity contribution is 0.280. The molecule has 0 spiro atoms. The summed E-state index contributed by atoms with van der Waals surface area (Å²) in [5.74, 6) is 1.31. The highest BCUT2D eigenvalue weighted by molar-refractivity contribution is 7.16. The van der Waals surface area contributed by atoms with Crippen LogP contribution in [0.4, 0.5) is 0 Å². The van der Waals surface area contributed by atoms with Gasteiger partial charge in [-0.3, -0.25) is 18.7 Å². The first-order valence-electron chi connectivity index (χ1n) is 8.47. The van der Waals surface area contributed by atoms with Crippen LogP contribution < -0.4 is 5.56 Å². The van der Waals surface area contributed by atoms with Gasteiger partial charge in [-0.25, -0.2) is 0 Å². The van der Waals surface area contributed by atoms with Gasteiger partial charge in [-0.2, -0.15) is 0 Å². The number of thiophene rings is 1. The van der Waals surface area contributed by atoms with Crippen molar-refractivity contribution in [3.63, 3.8) is 0 Å². The lowest BCUT2D eigenvalue weighted by atomic mass is 10.2. The van der Waals surface area contributed by atoms with E-state index < -0.39 is 0 Å². The van der Waals surface area contributed by atoms with Gasteiger partial charge in [-0.05, 0) is 24.3 Å². The van der Waals surface area contributed by atoms with Gasteiger partial charge in [-0.1, -0.05) is 29.8 Å². The molecule has 4 rings (SSSR count). The maximum Gasteiger partial charge on any atom is 0.262 e. The molecule has 0 radical (unpaired) electrons. The molecule has 0 aliphatic carbocycles. The smallest absolute Gasteiger partial charge is 0.262 e. The molecule has 0 aliphatic rings. The maximum absolute atomic E-state index is 12.6. The third-order valence-corrected chi connectivity index (χ3v) is 5.67. The van der Waals surface area contributed by atoms with E-state index in [0.29, 0.717) is 24.3 Å². The Morgan fingerprint density at radius 3 is 2.78 bits per heavy atom. The molecule has 6 nitrogen and oxygen atoms in total. The number of aryl methyl sites for hydroxylation is 1. The van der Waals surface area contributed by atoms with Gasteiger partial charge in [0.15, 0.2) is 5.82 Å². The van der Waals surface area contributed by atoms with Gasteiger partial charge in [-0.15, -0.1) is 28.1 Å². The predicted octanol–water partition coefficient (Wildman–Crippen LogP) is 3.48. The van der Waals surface area contributed by atoms with E-state index in [1.807, 2.05) is 46.9 Å². The summed E-state index contributed by atoms with van der Waals surface area (Å²) in [6, 6.07) is 11.5. The number of fused-ring (bicyclic) bond motifs is 3. The Balaban J connectivity index is 1.78. The Labute approximate surface area is 164 Å². The first-order chi connectivity index (χ1) is 13.1. The fourth-order valence-corrected chi connectivity index (χ4v) is 4.35. The van der Waals surface area contributed by atoms with Crippen molar-refractivity contribution < 1.29 is 0 Å². The Morgan fingerprint density at radius 1 is 1.22 bits per heavy atom. The average Bonchev–Trinajstić information content (AvgIpc) is 3.26. The predicted molar refractivity (Wildman–Crippen MR) is 109 cm³/mol. The Hall–Kier alpha value is -2.48. The number of para-hydroxylation sites is 1. The molecule has 3 heterocycles. The third kappa shape index (κ3) is 3.29. The number of nitrogens with zero attached hydrogens (tertiary/aromatic N) is 5. The molecule has 0 N–H and O–H groups in total. The molecule has 4 aromatic rings. The van der Waals surface area contributed by atoms with E-state index in [0.717, 1.165) is 22.2 Å². The minimum atomic E-state index is -0.0757. The molecule has 0 bridgehead atoms. The third-order valence-electron chi connectivity index (χ3n) is 4.45. The van der Waals surface area contributed by atoms with E-state index in [4.69, 9.17) is 11.6 Å². The second-order valence-corrected chi connectivity index (χ2v) is 8.10. The van der Waals surface area contributed by atoms with Crippen molar-refractivity contribution in [2.45, 2.75) is 13.1 Å². The second kappa shape index (κ2) is 7.26. The van der Waals surface area contributed by atoms with Crippen LogP contribution in [0.5, 0.6) is 0 Å². The van der Waals surface area contributed by atoms with E-state index in [-0.39, 0.29) is 5.56 Å². The van der Waals surface area contributed by atoms with Gasteiger partial charge in [0.25, 0.3) is 5.56 Å². The van der Waals surface area contributed by atoms with Crippen LogP contribution in [-0.4, -0.2) is 30.6 Å². The molecule has 1 aromatic carbocycles.